The van der Waals surface area contributed by atoms with Gasteiger partial charge in [-0.3, -0.25) is 57.5 Å². The fraction of sp³-hybridized carbons (Fsp3) is 0.692. The first kappa shape index (κ1) is 54.2. The number of hydrogen-bond acceptors (Lipinski definition) is 21. The number of esters is 9. The Hall–Kier alpha value is -5.76. The second-order valence-electron chi connectivity index (χ2n) is 14.0. The molecular weight excluding hydrogens is 804 g/mol. The zero-order chi connectivity index (χ0) is 46.5. The Balaban J connectivity index is 6.55. The molecule has 0 rings (SSSR count). The minimum Gasteiger partial charge on any atom is -0.469 e. The Kier molecular flexibility index (Phi) is 22.6. The molecule has 60 heavy (non-hydrogen) atoms. The van der Waals surface area contributed by atoms with Crippen LogP contribution >= 0.6 is 0 Å². The van der Waals surface area contributed by atoms with Crippen LogP contribution in [0.25, 0.3) is 0 Å². The van der Waals surface area contributed by atoms with Gasteiger partial charge in [0.1, 0.15) is 53.4 Å². The van der Waals surface area contributed by atoms with Gasteiger partial charge < -0.3 is 42.6 Å². The van der Waals surface area contributed by atoms with Crippen molar-refractivity contribution in [2.75, 3.05) is 62.5 Å². The van der Waals surface area contributed by atoms with Crippen LogP contribution in [0, 0.1) is 21.7 Å². The van der Waals surface area contributed by atoms with Crippen LogP contribution in [0.5, 0.6) is 0 Å². The molecule has 0 aromatic carbocycles. The molecule has 0 aliphatic carbocycles. The van der Waals surface area contributed by atoms with E-state index in [4.69, 9.17) is 28.4 Å². The average molecular weight is 861 g/mol. The Bertz CT molecular complexity index is 1450. The zero-order valence-electron chi connectivity index (χ0n) is 35.8. The largest absolute Gasteiger partial charge is 0.469 e. The highest BCUT2D eigenvalue weighted by atomic mass is 16.6. The molecule has 0 fully saturated rings. The first-order valence-electron chi connectivity index (χ1n) is 18.5. The maximum atomic E-state index is 13.1. The molecule has 0 saturated carbocycles. The summed E-state index contributed by atoms with van der Waals surface area (Å²) in [5.74, 6) is -11.5. The van der Waals surface area contributed by atoms with Crippen LogP contribution in [-0.2, 0) is 100 Å². The summed E-state index contributed by atoms with van der Waals surface area (Å²) in [6, 6.07) is 0. The van der Waals surface area contributed by atoms with Gasteiger partial charge in [0.05, 0.1) is 67.3 Å². The highest BCUT2D eigenvalue weighted by molar-refractivity contribution is 6.07. The van der Waals surface area contributed by atoms with Crippen molar-refractivity contribution in [3.63, 3.8) is 0 Å². The van der Waals surface area contributed by atoms with E-state index in [-0.39, 0.29) is 6.42 Å². The molecule has 0 aliphatic rings. The summed E-state index contributed by atoms with van der Waals surface area (Å²) in [5.41, 5.74) is -7.85. The van der Waals surface area contributed by atoms with Crippen molar-refractivity contribution in [3.05, 3.63) is 0 Å². The van der Waals surface area contributed by atoms with Gasteiger partial charge in [0, 0.05) is 19.3 Å². The summed E-state index contributed by atoms with van der Waals surface area (Å²) in [4.78, 5) is 152. The van der Waals surface area contributed by atoms with Gasteiger partial charge in [0.25, 0.3) is 0 Å². The molecule has 0 heterocycles. The molecule has 0 bridgehead atoms. The Morgan fingerprint density at radius 2 is 0.600 bits per heavy atom. The third-order valence-electron chi connectivity index (χ3n) is 10.4. The molecule has 0 saturated heterocycles. The first-order valence-corrected chi connectivity index (χ1v) is 18.5. The molecule has 0 N–H and O–H groups in total. The van der Waals surface area contributed by atoms with Crippen molar-refractivity contribution >= 4 is 71.1 Å². The lowest BCUT2D eigenvalue weighted by molar-refractivity contribution is -0.167. The summed E-state index contributed by atoms with van der Waals surface area (Å²) >= 11 is 0. The number of methoxy groups -OCH3 is 6. The predicted octanol–water partition coefficient (Wildman–Crippen LogP) is 1.29. The van der Waals surface area contributed by atoms with Crippen LogP contribution in [-0.4, -0.2) is 134 Å². The molecule has 0 aliphatic heterocycles. The number of hydrogen-bond donors (Lipinski definition) is 0. The Morgan fingerprint density at radius 1 is 0.367 bits per heavy atom. The molecule has 21 heteroatoms. The molecule has 3 atom stereocenters. The minimum absolute atomic E-state index is 0.0352. The maximum Gasteiger partial charge on any atom is 0.319 e. The van der Waals surface area contributed by atoms with Crippen LogP contribution < -0.4 is 0 Å². The zero-order valence-corrected chi connectivity index (χ0v) is 35.8. The van der Waals surface area contributed by atoms with Crippen molar-refractivity contribution in [2.24, 2.45) is 21.7 Å². The second kappa shape index (κ2) is 25.0. The van der Waals surface area contributed by atoms with E-state index in [1.165, 1.54) is 0 Å². The lowest BCUT2D eigenvalue weighted by Crippen LogP contribution is -2.43. The summed E-state index contributed by atoms with van der Waals surface area (Å²) in [6.45, 7) is 2.74. The lowest BCUT2D eigenvalue weighted by Gasteiger charge is -2.32. The van der Waals surface area contributed by atoms with E-state index in [0.29, 0.717) is 0 Å². The fourth-order valence-corrected chi connectivity index (χ4v) is 5.96. The van der Waals surface area contributed by atoms with Gasteiger partial charge in [-0.2, -0.15) is 0 Å². The summed E-state index contributed by atoms with van der Waals surface area (Å²) in [6.07, 6.45) is -5.75. The molecule has 0 aromatic rings. The van der Waals surface area contributed by atoms with Crippen LogP contribution in [0.1, 0.15) is 91.9 Å². The summed E-state index contributed by atoms with van der Waals surface area (Å²) in [5, 5.41) is 0. The van der Waals surface area contributed by atoms with E-state index >= 15 is 0 Å². The third kappa shape index (κ3) is 14.8. The number of carbonyl (C=O) groups is 12. The van der Waals surface area contributed by atoms with Crippen molar-refractivity contribution < 1.29 is 100 Å². The monoisotopic (exact) mass is 860 g/mol. The SMILES string of the molecule is CCC(COC(=O)CCC(CC(=O)OC)(C(C)=O)C(=O)OC)(COC(=O)CCC(CC(=O)OC)(C(C)=O)C(=O)OC)COC(=O)CCC(CC(=O)OC)(C(C)=O)C(=O)OC. The van der Waals surface area contributed by atoms with E-state index in [2.05, 4.69) is 14.2 Å². The van der Waals surface area contributed by atoms with Gasteiger partial charge in [0.2, 0.25) is 0 Å². The topological polar surface area (TPSA) is 288 Å². The molecule has 0 amide bonds. The van der Waals surface area contributed by atoms with Crippen LogP contribution in [0.4, 0.5) is 0 Å². The van der Waals surface area contributed by atoms with Crippen LogP contribution in [0.3, 0.4) is 0 Å². The van der Waals surface area contributed by atoms with Crippen LogP contribution in [0.2, 0.25) is 0 Å². The maximum absolute atomic E-state index is 13.1. The third-order valence-corrected chi connectivity index (χ3v) is 10.4. The Morgan fingerprint density at radius 3 is 0.767 bits per heavy atom. The number of rotatable bonds is 28. The molecule has 21 nitrogen and oxygen atoms in total. The van der Waals surface area contributed by atoms with Gasteiger partial charge in [0.15, 0.2) is 0 Å². The van der Waals surface area contributed by atoms with E-state index in [1.807, 2.05) is 0 Å². The summed E-state index contributed by atoms with van der Waals surface area (Å²) in [7, 11) is 6.05. The normalized spacial score (nSPS) is 14.7. The molecule has 338 valence electrons. The van der Waals surface area contributed by atoms with Gasteiger partial charge in [-0.25, -0.2) is 0 Å². The predicted molar refractivity (Wildman–Crippen MR) is 199 cm³/mol. The van der Waals surface area contributed by atoms with E-state index in [1.54, 1.807) is 6.92 Å². The van der Waals surface area contributed by atoms with Crippen molar-refractivity contribution in [1.29, 1.82) is 0 Å². The quantitative estimate of drug-likeness (QED) is 0.0608. The molecular formula is C39H56O21. The number of ether oxygens (including phenoxy) is 9. The summed E-state index contributed by atoms with van der Waals surface area (Å²) < 4.78 is 44.4. The first-order chi connectivity index (χ1) is 28.0. The molecule has 0 radical (unpaired) electrons. The highest BCUT2D eigenvalue weighted by Crippen LogP contribution is 2.35. The van der Waals surface area contributed by atoms with E-state index < -0.39 is 170 Å². The van der Waals surface area contributed by atoms with Gasteiger partial charge in [-0.1, -0.05) is 6.92 Å². The van der Waals surface area contributed by atoms with Gasteiger partial charge >= 0.3 is 53.7 Å². The van der Waals surface area contributed by atoms with Crippen molar-refractivity contribution in [3.8, 4) is 0 Å². The van der Waals surface area contributed by atoms with Gasteiger partial charge in [-0.15, -0.1) is 0 Å². The standard InChI is InChI=1S/C39H56O21/c1-11-36(21-58-27(43)12-15-37(24(2)40,33(49)55-8)18-30(46)52-5,22-59-28(44)13-16-38(25(3)41,34(50)56-9)19-31(47)53-6)23-60-29(45)14-17-39(26(4)42,35(51)57-10)20-32(48)54-7/h11-23H2,1-10H3. The van der Waals surface area contributed by atoms with Crippen LogP contribution in [0.15, 0.2) is 0 Å². The van der Waals surface area contributed by atoms with Crippen molar-refractivity contribution in [2.45, 2.75) is 91.9 Å². The van der Waals surface area contributed by atoms with Gasteiger partial charge in [-0.05, 0) is 46.5 Å². The molecule has 0 aromatic heterocycles. The fourth-order valence-electron chi connectivity index (χ4n) is 5.96. The number of Topliss-reactive ketones (excluding diaryl/α,β-unsaturated/α-hetero) is 3. The molecule has 0 spiro atoms. The minimum atomic E-state index is -2.10. The van der Waals surface area contributed by atoms with E-state index in [0.717, 1.165) is 63.4 Å². The number of ketones is 3. The highest BCUT2D eigenvalue weighted by Gasteiger charge is 2.49. The smallest absolute Gasteiger partial charge is 0.319 e. The average Bonchev–Trinajstić information content (AvgIpc) is 3.23. The molecule has 3 unspecified atom stereocenters. The Labute approximate surface area is 347 Å². The van der Waals surface area contributed by atoms with E-state index in [9.17, 15) is 57.5 Å². The second-order valence-corrected chi connectivity index (χ2v) is 14.0. The number of carbonyl (C=O) groups excluding carboxylic acids is 12. The van der Waals surface area contributed by atoms with Crippen molar-refractivity contribution in [1.82, 2.24) is 0 Å². The lowest BCUT2D eigenvalue weighted by atomic mass is 9.76.